The molecular formula is C43H31N3S. The monoisotopic (exact) mass is 621 g/mol. The lowest BCUT2D eigenvalue weighted by molar-refractivity contribution is 0.664. The predicted molar refractivity (Wildman–Crippen MR) is 199 cm³/mol. The SMILES string of the molecule is C1=CCC(c2nc3c(ccc4ccc5cc(-c6ccc(C7N=C(c8ccccc8)C=C(c8ccccc8)N7)cc6)ccc5c43)s2)C=C1. The van der Waals surface area contributed by atoms with Crippen molar-refractivity contribution in [1.82, 2.24) is 10.3 Å². The Kier molecular flexibility index (Phi) is 6.87. The van der Waals surface area contributed by atoms with E-state index in [4.69, 9.17) is 9.98 Å². The molecule has 0 spiro atoms. The second kappa shape index (κ2) is 11.7. The van der Waals surface area contributed by atoms with Crippen LogP contribution in [0.4, 0.5) is 0 Å². The van der Waals surface area contributed by atoms with Gasteiger partial charge in [-0.1, -0.05) is 140 Å². The Morgan fingerprint density at radius 1 is 0.660 bits per heavy atom. The van der Waals surface area contributed by atoms with Gasteiger partial charge in [0.1, 0.15) is 11.2 Å². The molecule has 1 aliphatic carbocycles. The summed E-state index contributed by atoms with van der Waals surface area (Å²) in [5, 5.41) is 9.84. The Balaban J connectivity index is 1.05. The number of nitrogens with zero attached hydrogens (tertiary/aromatic N) is 2. The largest absolute Gasteiger partial charge is 0.360 e. The van der Waals surface area contributed by atoms with Crippen molar-refractivity contribution >= 4 is 54.5 Å². The number of thiazole rings is 1. The topological polar surface area (TPSA) is 37.3 Å². The lowest BCUT2D eigenvalue weighted by Crippen LogP contribution is -2.24. The van der Waals surface area contributed by atoms with Crippen LogP contribution in [0, 0.1) is 0 Å². The number of nitrogens with one attached hydrogen (secondary N) is 1. The van der Waals surface area contributed by atoms with E-state index in [1.54, 1.807) is 0 Å². The van der Waals surface area contributed by atoms with Gasteiger partial charge in [0.25, 0.3) is 0 Å². The summed E-state index contributed by atoms with van der Waals surface area (Å²) >= 11 is 1.82. The minimum absolute atomic E-state index is 0.187. The molecule has 2 atom stereocenters. The van der Waals surface area contributed by atoms with Crippen molar-refractivity contribution in [2.24, 2.45) is 4.99 Å². The second-order valence-corrected chi connectivity index (χ2v) is 13.3. The molecule has 1 aliphatic heterocycles. The first-order valence-electron chi connectivity index (χ1n) is 16.1. The average Bonchev–Trinajstić information content (AvgIpc) is 3.60. The van der Waals surface area contributed by atoms with Crippen molar-refractivity contribution in [2.45, 2.75) is 18.5 Å². The fourth-order valence-electron chi connectivity index (χ4n) is 6.76. The summed E-state index contributed by atoms with van der Waals surface area (Å²) in [6.07, 6.45) is 11.7. The Morgan fingerprint density at radius 3 is 2.19 bits per heavy atom. The van der Waals surface area contributed by atoms with Crippen LogP contribution < -0.4 is 5.32 Å². The van der Waals surface area contributed by atoms with E-state index in [0.29, 0.717) is 5.92 Å². The van der Waals surface area contributed by atoms with Crippen LogP contribution in [-0.2, 0) is 0 Å². The van der Waals surface area contributed by atoms with E-state index in [0.717, 1.165) is 40.0 Å². The van der Waals surface area contributed by atoms with Gasteiger partial charge in [0.15, 0.2) is 0 Å². The van der Waals surface area contributed by atoms with Gasteiger partial charge >= 0.3 is 0 Å². The van der Waals surface area contributed by atoms with Gasteiger partial charge in [0.05, 0.1) is 15.9 Å². The molecule has 1 aromatic heterocycles. The highest BCUT2D eigenvalue weighted by Gasteiger charge is 2.20. The molecule has 224 valence electrons. The molecule has 3 nitrogen and oxygen atoms in total. The molecule has 4 heteroatoms. The van der Waals surface area contributed by atoms with Crippen LogP contribution in [0.15, 0.2) is 163 Å². The maximum absolute atomic E-state index is 5.21. The van der Waals surface area contributed by atoms with E-state index < -0.39 is 0 Å². The van der Waals surface area contributed by atoms with Crippen molar-refractivity contribution < 1.29 is 0 Å². The minimum Gasteiger partial charge on any atom is -0.360 e. The number of aromatic nitrogens is 1. The third kappa shape index (κ3) is 5.17. The van der Waals surface area contributed by atoms with E-state index >= 15 is 0 Å². The van der Waals surface area contributed by atoms with Crippen molar-refractivity contribution in [3.63, 3.8) is 0 Å². The molecule has 2 heterocycles. The molecule has 0 saturated heterocycles. The molecule has 2 aliphatic rings. The Hall–Kier alpha value is -5.58. The van der Waals surface area contributed by atoms with Gasteiger partial charge < -0.3 is 5.32 Å². The first-order chi connectivity index (χ1) is 23.3. The number of allylic oxidation sites excluding steroid dienone is 5. The molecule has 9 rings (SSSR count). The van der Waals surface area contributed by atoms with Crippen LogP contribution in [0.25, 0.3) is 48.6 Å². The minimum atomic E-state index is -0.187. The predicted octanol–water partition coefficient (Wildman–Crippen LogP) is 11.0. The Labute approximate surface area is 278 Å². The highest BCUT2D eigenvalue weighted by atomic mass is 32.1. The number of benzene rings is 6. The first-order valence-corrected chi connectivity index (χ1v) is 16.9. The van der Waals surface area contributed by atoms with Crippen LogP contribution in [0.5, 0.6) is 0 Å². The molecule has 1 N–H and O–H groups in total. The van der Waals surface area contributed by atoms with Gasteiger partial charge in [-0.05, 0) is 68.6 Å². The van der Waals surface area contributed by atoms with Crippen molar-refractivity contribution in [2.75, 3.05) is 0 Å². The van der Waals surface area contributed by atoms with E-state index in [9.17, 15) is 0 Å². The van der Waals surface area contributed by atoms with E-state index in [-0.39, 0.29) is 6.17 Å². The van der Waals surface area contributed by atoms with Crippen molar-refractivity contribution in [3.8, 4) is 11.1 Å². The van der Waals surface area contributed by atoms with Gasteiger partial charge in [-0.25, -0.2) is 4.98 Å². The molecular weight excluding hydrogens is 591 g/mol. The highest BCUT2D eigenvalue weighted by molar-refractivity contribution is 7.18. The summed E-state index contributed by atoms with van der Waals surface area (Å²) in [6.45, 7) is 0. The van der Waals surface area contributed by atoms with Crippen LogP contribution >= 0.6 is 11.3 Å². The molecule has 0 saturated carbocycles. The number of hydrogen-bond acceptors (Lipinski definition) is 4. The van der Waals surface area contributed by atoms with Crippen LogP contribution in [0.2, 0.25) is 0 Å². The third-order valence-electron chi connectivity index (χ3n) is 9.23. The summed E-state index contributed by atoms with van der Waals surface area (Å²) in [5.41, 5.74) is 8.94. The number of fused-ring (bicyclic) bond motifs is 5. The van der Waals surface area contributed by atoms with E-state index in [1.165, 1.54) is 42.4 Å². The van der Waals surface area contributed by atoms with Crippen molar-refractivity contribution in [1.29, 1.82) is 0 Å². The Morgan fingerprint density at radius 2 is 1.40 bits per heavy atom. The third-order valence-corrected chi connectivity index (χ3v) is 10.4. The number of rotatable bonds is 5. The zero-order valence-electron chi connectivity index (χ0n) is 25.7. The molecule has 47 heavy (non-hydrogen) atoms. The lowest BCUT2D eigenvalue weighted by atomic mass is 9.96. The fourth-order valence-corrected chi connectivity index (χ4v) is 7.83. The maximum atomic E-state index is 5.21. The molecule has 6 aromatic carbocycles. The van der Waals surface area contributed by atoms with Crippen molar-refractivity contribution in [3.05, 3.63) is 179 Å². The molecule has 2 unspecified atom stereocenters. The summed E-state index contributed by atoms with van der Waals surface area (Å²) in [4.78, 5) is 10.4. The molecule has 0 fully saturated rings. The number of hydrogen-bond donors (Lipinski definition) is 1. The summed E-state index contributed by atoms with van der Waals surface area (Å²) in [7, 11) is 0. The van der Waals surface area contributed by atoms with Gasteiger partial charge in [-0.15, -0.1) is 11.3 Å². The summed E-state index contributed by atoms with van der Waals surface area (Å²) < 4.78 is 1.25. The van der Waals surface area contributed by atoms with Gasteiger partial charge in [-0.3, -0.25) is 4.99 Å². The highest BCUT2D eigenvalue weighted by Crippen LogP contribution is 2.39. The summed E-state index contributed by atoms with van der Waals surface area (Å²) in [5.74, 6) is 0.359. The van der Waals surface area contributed by atoms with Crippen LogP contribution in [0.3, 0.4) is 0 Å². The van der Waals surface area contributed by atoms with Gasteiger partial charge in [-0.2, -0.15) is 0 Å². The van der Waals surface area contributed by atoms with E-state index in [2.05, 4.69) is 151 Å². The zero-order valence-corrected chi connectivity index (χ0v) is 26.5. The quantitative estimate of drug-likeness (QED) is 0.194. The zero-order chi connectivity index (χ0) is 31.2. The molecule has 7 aromatic rings. The van der Waals surface area contributed by atoms with E-state index in [1.807, 2.05) is 23.5 Å². The maximum Gasteiger partial charge on any atom is 0.145 e. The van der Waals surface area contributed by atoms with Gasteiger partial charge in [0, 0.05) is 17.0 Å². The lowest BCUT2D eigenvalue weighted by Gasteiger charge is -2.25. The molecule has 0 amide bonds. The first kappa shape index (κ1) is 27.7. The standard InChI is InChI=1S/C43H31N3S/c1-4-10-29(11-5-1)37-27-38(30-12-6-2-7-13-30)45-42(44-37)32-19-16-28(17-20-32)34-22-24-36-35(26-34)21-18-31-23-25-39-41(40(31)36)46-43(47-39)33-14-8-3-9-15-33/h1-14,16-27,33,42,44H,15H2. The molecule has 0 bridgehead atoms. The normalized spacial score (nSPS) is 17.5. The smallest absolute Gasteiger partial charge is 0.145 e. The van der Waals surface area contributed by atoms with Crippen LogP contribution in [0.1, 0.15) is 40.2 Å². The second-order valence-electron chi connectivity index (χ2n) is 12.2. The van der Waals surface area contributed by atoms with Crippen LogP contribution in [-0.4, -0.2) is 10.7 Å². The molecule has 0 radical (unpaired) electrons. The average molecular weight is 622 g/mol. The van der Waals surface area contributed by atoms with Gasteiger partial charge in [0.2, 0.25) is 0 Å². The Bertz CT molecular complexity index is 2400. The fraction of sp³-hybridized carbons (Fsp3) is 0.0698. The summed E-state index contributed by atoms with van der Waals surface area (Å²) in [6, 6.07) is 45.5. The number of aliphatic imine (C=N–C) groups is 1.